The molecule has 3 fully saturated rings. The molecule has 1 aromatic heterocycles. The van der Waals surface area contributed by atoms with Crippen LogP contribution in [0.5, 0.6) is 5.88 Å². The van der Waals surface area contributed by atoms with Crippen LogP contribution in [0.4, 0.5) is 4.79 Å². The third kappa shape index (κ3) is 3.15. The smallest absolute Gasteiger partial charge is 0.405 e. The molecule has 26 heavy (non-hydrogen) atoms. The quantitative estimate of drug-likeness (QED) is 0.753. The lowest BCUT2D eigenvalue weighted by Gasteiger charge is -2.29. The fourth-order valence-corrected chi connectivity index (χ4v) is 4.66. The second-order valence-corrected chi connectivity index (χ2v) is 8.97. The normalized spacial score (nSPS) is 29.3. The molecule has 1 amide bonds. The average Bonchev–Trinajstić information content (AvgIpc) is 2.97. The lowest BCUT2D eigenvalue weighted by molar-refractivity contribution is 0.182. The van der Waals surface area contributed by atoms with E-state index in [4.69, 9.17) is 9.72 Å². The number of hydrogen-bond acceptors (Lipinski definition) is 4. The van der Waals surface area contributed by atoms with Crippen molar-refractivity contribution in [2.75, 3.05) is 13.1 Å². The predicted molar refractivity (Wildman–Crippen MR) is 98.5 cm³/mol. The van der Waals surface area contributed by atoms with Crippen LogP contribution in [0.2, 0.25) is 0 Å². The molecule has 2 saturated carbocycles. The van der Waals surface area contributed by atoms with E-state index in [9.17, 15) is 9.90 Å². The van der Waals surface area contributed by atoms with Gasteiger partial charge in [-0.3, -0.25) is 0 Å². The van der Waals surface area contributed by atoms with Gasteiger partial charge >= 0.3 is 6.09 Å². The highest BCUT2D eigenvalue weighted by molar-refractivity contribution is 5.66. The maximum absolute atomic E-state index is 11.2. The summed E-state index contributed by atoms with van der Waals surface area (Å²) in [7, 11) is 0. The molecule has 2 aliphatic carbocycles. The number of piperidine rings is 1. The monoisotopic (exact) mass is 359 g/mol. The summed E-state index contributed by atoms with van der Waals surface area (Å²) < 4.78 is 6.25. The first kappa shape index (κ1) is 17.6. The van der Waals surface area contributed by atoms with Crippen molar-refractivity contribution in [3.05, 3.63) is 23.4 Å². The van der Waals surface area contributed by atoms with Crippen LogP contribution in [-0.2, 0) is 11.0 Å². The molecule has 0 unspecified atom stereocenters. The summed E-state index contributed by atoms with van der Waals surface area (Å²) in [6.45, 7) is 8.08. The highest BCUT2D eigenvalue weighted by atomic mass is 16.5. The van der Waals surface area contributed by atoms with Crippen LogP contribution in [-0.4, -0.2) is 35.4 Å². The Morgan fingerprint density at radius 2 is 1.96 bits per heavy atom. The lowest BCUT2D eigenvalue weighted by atomic mass is 9.82. The maximum atomic E-state index is 11.2. The van der Waals surface area contributed by atoms with Crippen LogP contribution < -0.4 is 15.4 Å². The number of fused-ring (bicyclic) bond motifs is 1. The van der Waals surface area contributed by atoms with E-state index in [1.54, 1.807) is 0 Å². The number of nitrogens with zero attached hydrogens (tertiary/aromatic N) is 1. The first-order valence-electron chi connectivity index (χ1n) is 9.70. The second kappa shape index (κ2) is 6.12. The van der Waals surface area contributed by atoms with Crippen molar-refractivity contribution < 1.29 is 14.6 Å². The van der Waals surface area contributed by atoms with Gasteiger partial charge in [-0.1, -0.05) is 19.8 Å². The first-order chi connectivity index (χ1) is 12.3. The zero-order valence-corrected chi connectivity index (χ0v) is 15.8. The van der Waals surface area contributed by atoms with Gasteiger partial charge in [0.25, 0.3) is 0 Å². The molecule has 1 aromatic rings. The third-order valence-electron chi connectivity index (χ3n) is 6.54. The minimum absolute atomic E-state index is 0.0500. The SMILES string of the molecule is CC1(c2cc(C(C)(C)NC(=O)O)cc(O[C@@H]3[C@@H]4CNC[C@@H]43)n2)CCCC1. The van der Waals surface area contributed by atoms with Crippen LogP contribution in [0.3, 0.4) is 0 Å². The standard InChI is InChI=1S/C20H29N3O3/c1-19(2,23-18(24)25)12-8-15(20(3)6-4-5-7-20)22-16(9-12)26-17-13-10-21-11-14(13)17/h8-9,13-14,17,21,23H,4-7,10-11H2,1-3H3,(H,24,25)/t13-,14+,17-. The Kier molecular flexibility index (Phi) is 4.14. The Hall–Kier alpha value is -1.82. The van der Waals surface area contributed by atoms with Crippen molar-refractivity contribution in [2.24, 2.45) is 11.8 Å². The summed E-state index contributed by atoms with van der Waals surface area (Å²) in [5, 5.41) is 15.2. The Bertz CT molecular complexity index is 702. The minimum Gasteiger partial charge on any atom is -0.474 e. The molecule has 142 valence electrons. The number of carbonyl (C=O) groups is 1. The molecule has 1 saturated heterocycles. The molecule has 6 heteroatoms. The molecule has 3 aliphatic rings. The molecule has 0 spiro atoms. The summed E-state index contributed by atoms with van der Waals surface area (Å²) in [5.74, 6) is 1.83. The largest absolute Gasteiger partial charge is 0.474 e. The number of amides is 1. The van der Waals surface area contributed by atoms with E-state index >= 15 is 0 Å². The first-order valence-corrected chi connectivity index (χ1v) is 9.70. The van der Waals surface area contributed by atoms with Crippen molar-refractivity contribution in [1.82, 2.24) is 15.6 Å². The Balaban J connectivity index is 1.66. The zero-order valence-electron chi connectivity index (χ0n) is 15.8. The van der Waals surface area contributed by atoms with E-state index in [1.807, 2.05) is 19.9 Å². The van der Waals surface area contributed by atoms with Gasteiger partial charge < -0.3 is 20.5 Å². The van der Waals surface area contributed by atoms with E-state index < -0.39 is 11.6 Å². The van der Waals surface area contributed by atoms with E-state index in [-0.39, 0.29) is 11.5 Å². The molecule has 1 aliphatic heterocycles. The van der Waals surface area contributed by atoms with Crippen LogP contribution in [0, 0.1) is 11.8 Å². The number of carboxylic acid groups (broad SMARTS) is 1. The predicted octanol–water partition coefficient (Wildman–Crippen LogP) is 3.01. The molecule has 0 bridgehead atoms. The van der Waals surface area contributed by atoms with E-state index in [0.717, 1.165) is 37.2 Å². The number of ether oxygens (including phenoxy) is 1. The van der Waals surface area contributed by atoms with Gasteiger partial charge in [0.05, 0.1) is 11.2 Å². The topological polar surface area (TPSA) is 83.5 Å². The summed E-state index contributed by atoms with van der Waals surface area (Å²) in [6, 6.07) is 3.99. The van der Waals surface area contributed by atoms with Crippen LogP contribution in [0.1, 0.15) is 57.7 Å². The summed E-state index contributed by atoms with van der Waals surface area (Å²) in [4.78, 5) is 16.1. The van der Waals surface area contributed by atoms with E-state index in [0.29, 0.717) is 17.7 Å². The van der Waals surface area contributed by atoms with Gasteiger partial charge in [-0.05, 0) is 38.3 Å². The van der Waals surface area contributed by atoms with Gasteiger partial charge in [0.1, 0.15) is 6.10 Å². The van der Waals surface area contributed by atoms with Gasteiger partial charge in [0.2, 0.25) is 5.88 Å². The van der Waals surface area contributed by atoms with Gasteiger partial charge in [-0.15, -0.1) is 0 Å². The minimum atomic E-state index is -1.02. The average molecular weight is 359 g/mol. The van der Waals surface area contributed by atoms with Crippen LogP contribution in [0.25, 0.3) is 0 Å². The van der Waals surface area contributed by atoms with Gasteiger partial charge in [0.15, 0.2) is 0 Å². The van der Waals surface area contributed by atoms with Gasteiger partial charge in [-0.2, -0.15) is 0 Å². The van der Waals surface area contributed by atoms with Crippen molar-refractivity contribution in [1.29, 1.82) is 0 Å². The molecule has 0 aromatic carbocycles. The Morgan fingerprint density at radius 3 is 2.58 bits per heavy atom. The molecule has 2 heterocycles. The van der Waals surface area contributed by atoms with Gasteiger partial charge in [-0.25, -0.2) is 9.78 Å². The fourth-order valence-electron chi connectivity index (χ4n) is 4.66. The Morgan fingerprint density at radius 1 is 1.31 bits per heavy atom. The number of hydrogen-bond donors (Lipinski definition) is 3. The summed E-state index contributed by atoms with van der Waals surface area (Å²) >= 11 is 0. The molecule has 3 atom stereocenters. The second-order valence-electron chi connectivity index (χ2n) is 8.97. The van der Waals surface area contributed by atoms with E-state index in [1.165, 1.54) is 12.8 Å². The van der Waals surface area contributed by atoms with Crippen molar-refractivity contribution in [2.45, 2.75) is 63.5 Å². The number of pyridine rings is 1. The lowest BCUT2D eigenvalue weighted by Crippen LogP contribution is -2.40. The van der Waals surface area contributed by atoms with Gasteiger partial charge in [0, 0.05) is 36.4 Å². The number of rotatable bonds is 5. The third-order valence-corrected chi connectivity index (χ3v) is 6.54. The van der Waals surface area contributed by atoms with Crippen molar-refractivity contribution in [3.63, 3.8) is 0 Å². The van der Waals surface area contributed by atoms with E-state index in [2.05, 4.69) is 23.6 Å². The highest BCUT2D eigenvalue weighted by Crippen LogP contribution is 2.46. The molecule has 0 radical (unpaired) electrons. The van der Waals surface area contributed by atoms with Crippen molar-refractivity contribution in [3.8, 4) is 5.88 Å². The summed E-state index contributed by atoms with van der Waals surface area (Å²) in [6.07, 6.45) is 3.90. The molecule has 4 rings (SSSR count). The fraction of sp³-hybridized carbons (Fsp3) is 0.700. The van der Waals surface area contributed by atoms with Crippen LogP contribution >= 0.6 is 0 Å². The van der Waals surface area contributed by atoms with Crippen molar-refractivity contribution >= 4 is 6.09 Å². The highest BCUT2D eigenvalue weighted by Gasteiger charge is 2.55. The molecular formula is C20H29N3O3. The Labute approximate surface area is 154 Å². The molecule has 6 nitrogen and oxygen atoms in total. The molecular weight excluding hydrogens is 330 g/mol. The number of nitrogens with one attached hydrogen (secondary N) is 2. The number of aromatic nitrogens is 1. The summed E-state index contributed by atoms with van der Waals surface area (Å²) in [5.41, 5.74) is 1.30. The van der Waals surface area contributed by atoms with Crippen LogP contribution in [0.15, 0.2) is 12.1 Å². The molecule has 3 N–H and O–H groups in total. The maximum Gasteiger partial charge on any atom is 0.405 e. The zero-order chi connectivity index (χ0) is 18.5.